The molecule has 0 saturated heterocycles. The van der Waals surface area contributed by atoms with Crippen LogP contribution in [0.25, 0.3) is 0 Å². The van der Waals surface area contributed by atoms with Crippen LogP contribution in [0.1, 0.15) is 6.42 Å². The molecular formula is C6H11NO3S. The monoisotopic (exact) mass is 177 g/mol. The average molecular weight is 177 g/mol. The lowest BCUT2D eigenvalue weighted by atomic mass is 10.2. The summed E-state index contributed by atoms with van der Waals surface area (Å²) in [5.41, 5.74) is 5.20. The van der Waals surface area contributed by atoms with Crippen molar-refractivity contribution in [3.8, 4) is 0 Å². The second-order valence-corrected chi connectivity index (χ2v) is 3.17. The molecule has 0 radical (unpaired) electrons. The van der Waals surface area contributed by atoms with E-state index in [0.717, 1.165) is 0 Å². The van der Waals surface area contributed by atoms with Gasteiger partial charge in [0.1, 0.15) is 12.3 Å². The summed E-state index contributed by atoms with van der Waals surface area (Å²) in [5.74, 6) is -1.06. The van der Waals surface area contributed by atoms with E-state index in [1.807, 2.05) is 0 Å². The van der Waals surface area contributed by atoms with Gasteiger partial charge in [-0.15, -0.1) is 0 Å². The van der Waals surface area contributed by atoms with E-state index in [-0.39, 0.29) is 11.7 Å². The number of carboxylic acids is 1. The van der Waals surface area contributed by atoms with E-state index in [1.165, 1.54) is 11.8 Å². The molecule has 0 heterocycles. The maximum atomic E-state index is 10.2. The number of carboxylic acid groups (broad SMARTS) is 1. The van der Waals surface area contributed by atoms with Crippen molar-refractivity contribution in [1.82, 2.24) is 0 Å². The fourth-order valence-electron chi connectivity index (χ4n) is 0.558. The van der Waals surface area contributed by atoms with Crippen LogP contribution in [0.4, 0.5) is 0 Å². The molecule has 0 fully saturated rings. The van der Waals surface area contributed by atoms with Crippen LogP contribution in [0.5, 0.6) is 0 Å². The van der Waals surface area contributed by atoms with Gasteiger partial charge in [0.05, 0.1) is 5.25 Å². The molecule has 0 saturated carbocycles. The van der Waals surface area contributed by atoms with Crippen molar-refractivity contribution in [3.63, 3.8) is 0 Å². The molecule has 0 aromatic rings. The maximum Gasteiger partial charge on any atom is 0.320 e. The molecule has 0 amide bonds. The van der Waals surface area contributed by atoms with Gasteiger partial charge in [0.2, 0.25) is 0 Å². The van der Waals surface area contributed by atoms with Crippen LogP contribution in [0, 0.1) is 0 Å². The third-order valence-electron chi connectivity index (χ3n) is 1.26. The zero-order chi connectivity index (χ0) is 8.85. The molecular weight excluding hydrogens is 166 g/mol. The standard InChI is InChI=1S/C6H11NO3S/c1-11-4(3-8)2-5(7)6(9)10/h3-5H,2,7H2,1H3,(H,9,10)/t4?,5-/m0/s1. The number of rotatable bonds is 5. The third-order valence-corrected chi connectivity index (χ3v) is 2.17. The SMILES string of the molecule is CSC(C=O)C[C@H](N)C(=O)O. The molecule has 3 N–H and O–H groups in total. The van der Waals surface area contributed by atoms with E-state index >= 15 is 0 Å². The summed E-state index contributed by atoms with van der Waals surface area (Å²) in [5, 5.41) is 8.07. The highest BCUT2D eigenvalue weighted by Gasteiger charge is 2.16. The Morgan fingerprint density at radius 1 is 1.82 bits per heavy atom. The fraction of sp³-hybridized carbons (Fsp3) is 0.667. The topological polar surface area (TPSA) is 80.4 Å². The van der Waals surface area contributed by atoms with Crippen molar-refractivity contribution in [1.29, 1.82) is 0 Å². The minimum atomic E-state index is -1.06. The summed E-state index contributed by atoms with van der Waals surface area (Å²) < 4.78 is 0. The minimum Gasteiger partial charge on any atom is -0.480 e. The first-order valence-corrected chi connectivity index (χ1v) is 4.37. The summed E-state index contributed by atoms with van der Waals surface area (Å²) in [7, 11) is 0. The third kappa shape index (κ3) is 4.00. The highest BCUT2D eigenvalue weighted by atomic mass is 32.2. The quantitative estimate of drug-likeness (QED) is 0.564. The van der Waals surface area contributed by atoms with Gasteiger partial charge >= 0.3 is 5.97 Å². The highest BCUT2D eigenvalue weighted by Crippen LogP contribution is 2.09. The van der Waals surface area contributed by atoms with Crippen LogP contribution in [-0.2, 0) is 9.59 Å². The van der Waals surface area contributed by atoms with Crippen molar-refractivity contribution in [2.45, 2.75) is 17.7 Å². The Morgan fingerprint density at radius 2 is 2.36 bits per heavy atom. The van der Waals surface area contributed by atoms with Crippen molar-refractivity contribution in [2.75, 3.05) is 6.26 Å². The average Bonchev–Trinajstić information content (AvgIpc) is 1.99. The smallest absolute Gasteiger partial charge is 0.320 e. The number of carbonyl (C=O) groups excluding carboxylic acids is 1. The normalized spacial score (nSPS) is 15.5. The Labute approximate surface area is 69.1 Å². The minimum absolute atomic E-state index is 0.194. The van der Waals surface area contributed by atoms with Crippen molar-refractivity contribution < 1.29 is 14.7 Å². The number of aliphatic carboxylic acids is 1. The summed E-state index contributed by atoms with van der Waals surface area (Å²) in [6.07, 6.45) is 2.65. The van der Waals surface area contributed by atoms with E-state index in [0.29, 0.717) is 6.29 Å². The molecule has 0 aliphatic rings. The summed E-state index contributed by atoms with van der Waals surface area (Å²) in [4.78, 5) is 20.4. The Morgan fingerprint density at radius 3 is 2.64 bits per heavy atom. The first-order valence-electron chi connectivity index (χ1n) is 3.08. The molecule has 0 aromatic heterocycles. The highest BCUT2D eigenvalue weighted by molar-refractivity contribution is 7.99. The lowest BCUT2D eigenvalue weighted by molar-refractivity contribution is -0.138. The van der Waals surface area contributed by atoms with Crippen LogP contribution < -0.4 is 5.73 Å². The molecule has 4 nitrogen and oxygen atoms in total. The van der Waals surface area contributed by atoms with Gasteiger partial charge in [0, 0.05) is 0 Å². The largest absolute Gasteiger partial charge is 0.480 e. The molecule has 5 heteroatoms. The van der Waals surface area contributed by atoms with Crippen molar-refractivity contribution in [2.24, 2.45) is 5.73 Å². The molecule has 2 atom stereocenters. The van der Waals surface area contributed by atoms with E-state index in [1.54, 1.807) is 6.26 Å². The van der Waals surface area contributed by atoms with Crippen LogP contribution >= 0.6 is 11.8 Å². The van der Waals surface area contributed by atoms with E-state index in [4.69, 9.17) is 10.8 Å². The number of carbonyl (C=O) groups is 2. The van der Waals surface area contributed by atoms with Gasteiger partial charge < -0.3 is 15.6 Å². The predicted molar refractivity (Wildman–Crippen MR) is 43.6 cm³/mol. The molecule has 11 heavy (non-hydrogen) atoms. The van der Waals surface area contributed by atoms with E-state index in [2.05, 4.69) is 0 Å². The predicted octanol–water partition coefficient (Wildman–Crippen LogP) is -0.281. The number of nitrogens with two attached hydrogens (primary N) is 1. The molecule has 1 unspecified atom stereocenters. The van der Waals surface area contributed by atoms with E-state index < -0.39 is 12.0 Å². The first-order chi connectivity index (χ1) is 5.11. The van der Waals surface area contributed by atoms with Gasteiger partial charge in [-0.1, -0.05) is 0 Å². The number of thioether (sulfide) groups is 1. The Kier molecular flexibility index (Phi) is 4.89. The zero-order valence-electron chi connectivity index (χ0n) is 6.19. The number of aldehydes is 1. The fourth-order valence-corrected chi connectivity index (χ4v) is 1.07. The van der Waals surface area contributed by atoms with Crippen LogP contribution in [-0.4, -0.2) is 34.9 Å². The molecule has 0 aromatic carbocycles. The van der Waals surface area contributed by atoms with Crippen molar-refractivity contribution in [3.05, 3.63) is 0 Å². The van der Waals surface area contributed by atoms with Gasteiger partial charge in [0.25, 0.3) is 0 Å². The summed E-state index contributed by atoms with van der Waals surface area (Å²) in [6, 6.07) is -0.933. The van der Waals surface area contributed by atoms with Crippen LogP contribution in [0.15, 0.2) is 0 Å². The van der Waals surface area contributed by atoms with Gasteiger partial charge in [-0.3, -0.25) is 4.79 Å². The lowest BCUT2D eigenvalue weighted by Gasteiger charge is -2.09. The molecule has 0 rings (SSSR count). The van der Waals surface area contributed by atoms with E-state index in [9.17, 15) is 9.59 Å². The Bertz CT molecular complexity index is 151. The van der Waals surface area contributed by atoms with Crippen molar-refractivity contribution >= 4 is 24.0 Å². The maximum absolute atomic E-state index is 10.2. The van der Waals surface area contributed by atoms with Crippen LogP contribution in [0.3, 0.4) is 0 Å². The molecule has 0 aliphatic heterocycles. The van der Waals surface area contributed by atoms with Crippen LogP contribution in [0.2, 0.25) is 0 Å². The zero-order valence-corrected chi connectivity index (χ0v) is 7.00. The molecule has 64 valence electrons. The second-order valence-electron chi connectivity index (χ2n) is 2.09. The lowest BCUT2D eigenvalue weighted by Crippen LogP contribution is -2.33. The number of hydrogen-bond acceptors (Lipinski definition) is 4. The van der Waals surface area contributed by atoms with Gasteiger partial charge in [-0.25, -0.2) is 0 Å². The number of hydrogen-bond donors (Lipinski definition) is 2. The summed E-state index contributed by atoms with van der Waals surface area (Å²) in [6.45, 7) is 0. The van der Waals surface area contributed by atoms with Gasteiger partial charge in [0.15, 0.2) is 0 Å². The first kappa shape index (κ1) is 10.4. The van der Waals surface area contributed by atoms with Gasteiger partial charge in [-0.05, 0) is 12.7 Å². The Hall–Kier alpha value is -0.550. The molecule has 0 bridgehead atoms. The van der Waals surface area contributed by atoms with Gasteiger partial charge in [-0.2, -0.15) is 11.8 Å². The summed E-state index contributed by atoms with van der Waals surface area (Å²) >= 11 is 1.30. The Balaban J connectivity index is 3.80. The molecule has 0 spiro atoms. The second kappa shape index (κ2) is 5.15. The molecule has 0 aliphatic carbocycles.